The molecule has 7 aromatic heterocycles. The number of aryl methyl sites for hydroxylation is 5. The van der Waals surface area contributed by atoms with Crippen molar-refractivity contribution in [2.45, 2.75) is 34.6 Å². The maximum absolute atomic E-state index is 5.14. The van der Waals surface area contributed by atoms with Gasteiger partial charge >= 0.3 is 0 Å². The Hall–Kier alpha value is -11.9. The molecule has 0 unspecified atom stereocenters. The van der Waals surface area contributed by atoms with E-state index in [0.29, 0.717) is 0 Å². The Kier molecular flexibility index (Phi) is 42.1. The summed E-state index contributed by atoms with van der Waals surface area (Å²) in [7, 11) is 3.28. The van der Waals surface area contributed by atoms with Crippen LogP contribution in [0.1, 0.15) is 39.6 Å². The molecule has 7 heterocycles. The Bertz CT molecular complexity index is 5830. The largest absolute Gasteiger partial charge is 0.540 e. The topological polar surface area (TPSA) is 199 Å². The number of nitrogens with zero attached hydrogens (tertiary/aromatic N) is 14. The van der Waals surface area contributed by atoms with Crippen LogP contribution in [0.4, 0.5) is 0 Å². The standard InChI is InChI=1S/C18H13N2.C17H13N2.C16H11N2.C13H11N2.2C12H11N2O.C11H9N2.5Ir/c1-2-14-8-10-16(11-9-14)18-12-17(19-13-20-18)15-6-4-3-5-7-15;1-13-10-17(19-12-18-13)16-9-5-8-15(11-16)14-6-3-2-4-7-14;1-3-7-13(8-4-1)15-11-16(18-12-17-15)14-9-5-2-6-10-14;1-3-11-4-6-12(7-5-11)13-8-10(2)14-9-15-13;1-9-7-12(14-8-13-9)10-3-5-11(15-2)6-4-10;1-9-6-12(14-8-13-9)10-4-3-5-11(7-10)15-2;1-9-7-11(13-8-12-9)10-5-3-2-4-6-10;;;;;/h2-10,12-13H,1H2;2-8,10-12H,1H3;1-9,11-12H;3-6,8-9H,1H2,2H3;2*3,5-8H,1-2H3;2-5,7-8H,1H3;;;;;/q7*-1;;;;;. The maximum atomic E-state index is 5.14. The molecule has 0 atom stereocenters. The van der Waals surface area contributed by atoms with Gasteiger partial charge in [0.05, 0.1) is 25.6 Å². The van der Waals surface area contributed by atoms with Gasteiger partial charge in [0.2, 0.25) is 0 Å². The summed E-state index contributed by atoms with van der Waals surface area (Å²) in [6.45, 7) is 17.2. The number of ether oxygens (including phenoxy) is 2. The van der Waals surface area contributed by atoms with Crippen LogP contribution in [0.25, 0.3) is 125 Å². The zero-order valence-electron chi connectivity index (χ0n) is 66.3. The van der Waals surface area contributed by atoms with Crippen molar-refractivity contribution in [3.05, 3.63) is 412 Å². The summed E-state index contributed by atoms with van der Waals surface area (Å²) < 4.78 is 10.2. The zero-order chi connectivity index (χ0) is 80.2. The van der Waals surface area contributed by atoms with Crippen LogP contribution in [-0.2, 0) is 101 Å². The molecule has 0 amide bonds. The summed E-state index contributed by atoms with van der Waals surface area (Å²) in [5.41, 5.74) is 26.3. The summed E-state index contributed by atoms with van der Waals surface area (Å²) in [4.78, 5) is 58.6. The molecule has 120 heavy (non-hydrogen) atoms. The average molecular weight is 2460 g/mol. The molecule has 16 nitrogen and oxygen atoms in total. The van der Waals surface area contributed by atoms with Crippen LogP contribution >= 0.6 is 0 Å². The summed E-state index contributed by atoms with van der Waals surface area (Å²) in [6.07, 6.45) is 14.6. The van der Waals surface area contributed by atoms with Crippen molar-refractivity contribution in [1.29, 1.82) is 0 Å². The molecule has 0 spiro atoms. The number of rotatable bonds is 14. The van der Waals surface area contributed by atoms with E-state index in [1.165, 1.54) is 11.1 Å². The molecule has 21 heteroatoms. The van der Waals surface area contributed by atoms with E-state index in [2.05, 4.69) is 150 Å². The van der Waals surface area contributed by atoms with E-state index in [-0.39, 0.29) is 101 Å². The van der Waals surface area contributed by atoms with E-state index in [4.69, 9.17) is 9.47 Å². The Morgan fingerprint density at radius 2 is 0.533 bits per heavy atom. The fraction of sp³-hybridized carbons (Fsp3) is 0.0707. The number of hydrogen-bond donors (Lipinski definition) is 0. The van der Waals surface area contributed by atoms with Gasteiger partial charge in [-0.2, -0.15) is 0 Å². The molecule has 10 aromatic carbocycles. The summed E-state index contributed by atoms with van der Waals surface area (Å²) in [5.74, 6) is 1.60. The Labute approximate surface area is 770 Å². The molecule has 0 saturated heterocycles. The van der Waals surface area contributed by atoms with E-state index in [9.17, 15) is 0 Å². The Balaban J connectivity index is 0.000000216. The van der Waals surface area contributed by atoms with Gasteiger partial charge in [-0.3, -0.25) is 34.9 Å². The zero-order valence-corrected chi connectivity index (χ0v) is 78.3. The Morgan fingerprint density at radius 3 is 0.858 bits per heavy atom. The fourth-order valence-corrected chi connectivity index (χ4v) is 10.9. The molecule has 609 valence electrons. The van der Waals surface area contributed by atoms with Crippen molar-refractivity contribution in [3.8, 4) is 124 Å². The van der Waals surface area contributed by atoms with Crippen LogP contribution < -0.4 is 9.47 Å². The first-order chi connectivity index (χ1) is 56.4. The molecule has 17 aromatic rings. The van der Waals surface area contributed by atoms with Gasteiger partial charge < -0.3 is 9.47 Å². The van der Waals surface area contributed by atoms with E-state index in [0.717, 1.165) is 152 Å². The minimum atomic E-state index is 0. The summed E-state index contributed by atoms with van der Waals surface area (Å²) in [6, 6.07) is 111. The van der Waals surface area contributed by atoms with Gasteiger partial charge in [-0.15, -0.1) is 263 Å². The molecule has 0 aliphatic carbocycles. The van der Waals surface area contributed by atoms with E-state index >= 15 is 0 Å². The average Bonchev–Trinajstić information content (AvgIpc) is 0.735. The van der Waals surface area contributed by atoms with Crippen LogP contribution in [-0.4, -0.2) is 84.0 Å². The fourth-order valence-electron chi connectivity index (χ4n) is 10.9. The number of benzene rings is 10. The third-order valence-corrected chi connectivity index (χ3v) is 16.9. The third-order valence-electron chi connectivity index (χ3n) is 16.9. The first kappa shape index (κ1) is 96.9. The monoisotopic (exact) mass is 2460 g/mol. The predicted molar refractivity (Wildman–Crippen MR) is 457 cm³/mol. The smallest absolute Gasteiger partial charge is 0.106 e. The molecule has 0 aliphatic rings. The van der Waals surface area contributed by atoms with Gasteiger partial charge in [-0.1, -0.05) is 133 Å². The third kappa shape index (κ3) is 30.5. The van der Waals surface area contributed by atoms with Gasteiger partial charge in [-0.05, 0) is 91.2 Å². The number of methoxy groups -OCH3 is 2. The molecule has 17 rings (SSSR count). The maximum Gasteiger partial charge on any atom is 0.106 e. The first-order valence-corrected chi connectivity index (χ1v) is 36.5. The van der Waals surface area contributed by atoms with Crippen molar-refractivity contribution in [3.63, 3.8) is 0 Å². The van der Waals surface area contributed by atoms with E-state index < -0.39 is 0 Å². The molecule has 0 fully saturated rings. The van der Waals surface area contributed by atoms with Crippen LogP contribution in [0.15, 0.2) is 330 Å². The minimum absolute atomic E-state index is 0. The molecule has 0 saturated carbocycles. The summed E-state index contributed by atoms with van der Waals surface area (Å²) >= 11 is 0. The molecule has 0 bridgehead atoms. The Morgan fingerprint density at radius 1 is 0.233 bits per heavy atom. The molecular formula is C99H79Ir5N14O2-7. The minimum Gasteiger partial charge on any atom is -0.540 e. The SMILES string of the molecule is C=Cc1c[c-]c(-c2cc(-c3ccccc3)ncn2)cc1.C=Cc1c[c-]c(-c2cc(C)ncn2)cc1.COc1c[c-]c(-c2cc(C)ncn2)cc1.COc1cc[c-]c(-c2cc(C)ncn2)c1.Cc1cc(-c2[c-]ccc(-c3ccccc3)c2)ncn1.Cc1cc(-c2[c-]cccc2)ncn1.[Ir].[Ir].[Ir].[Ir].[Ir].[c-]1ccccc1-c1cc(-c2ccccc2)ncn1. The van der Waals surface area contributed by atoms with Gasteiger partial charge in [0.1, 0.15) is 44.3 Å². The molecule has 0 aliphatic heterocycles. The first-order valence-electron chi connectivity index (χ1n) is 36.5. The van der Waals surface area contributed by atoms with Gasteiger partial charge in [-0.25, -0.2) is 34.9 Å². The number of aromatic nitrogens is 14. The summed E-state index contributed by atoms with van der Waals surface area (Å²) in [5, 5.41) is 0. The molecule has 5 radical (unpaired) electrons. The van der Waals surface area contributed by atoms with Crippen molar-refractivity contribution in [1.82, 2.24) is 69.8 Å². The van der Waals surface area contributed by atoms with Crippen molar-refractivity contribution in [2.24, 2.45) is 0 Å². The second kappa shape index (κ2) is 52.1. The predicted octanol–water partition coefficient (Wildman–Crippen LogP) is 21.4. The van der Waals surface area contributed by atoms with Crippen LogP contribution in [0.2, 0.25) is 0 Å². The van der Waals surface area contributed by atoms with Crippen LogP contribution in [0, 0.1) is 77.1 Å². The van der Waals surface area contributed by atoms with Crippen molar-refractivity contribution < 1.29 is 110 Å². The number of hydrogen-bond acceptors (Lipinski definition) is 16. The van der Waals surface area contributed by atoms with Gasteiger partial charge in [0, 0.05) is 140 Å². The van der Waals surface area contributed by atoms with E-state index in [1.54, 1.807) is 76.7 Å². The van der Waals surface area contributed by atoms with Crippen molar-refractivity contribution in [2.75, 3.05) is 14.2 Å². The molecular weight excluding hydrogens is 2380 g/mol. The second-order valence-corrected chi connectivity index (χ2v) is 25.2. The van der Waals surface area contributed by atoms with Crippen LogP contribution in [0.5, 0.6) is 11.5 Å². The quantitative estimate of drug-likeness (QED) is 0.0930. The second-order valence-electron chi connectivity index (χ2n) is 25.2. The van der Waals surface area contributed by atoms with Crippen molar-refractivity contribution >= 4 is 12.2 Å². The van der Waals surface area contributed by atoms with Crippen LogP contribution in [0.3, 0.4) is 0 Å². The normalized spacial score (nSPS) is 9.69. The van der Waals surface area contributed by atoms with E-state index in [1.807, 2.05) is 277 Å². The van der Waals surface area contributed by atoms with Gasteiger partial charge in [0.25, 0.3) is 0 Å². The molecule has 0 N–H and O–H groups in total. The van der Waals surface area contributed by atoms with Gasteiger partial charge in [0.15, 0.2) is 0 Å².